The van der Waals surface area contributed by atoms with Crippen molar-refractivity contribution in [3.05, 3.63) is 167 Å². The van der Waals surface area contributed by atoms with Crippen LogP contribution in [0.1, 0.15) is 85.9 Å². The van der Waals surface area contributed by atoms with E-state index in [0.717, 1.165) is 70.0 Å². The van der Waals surface area contributed by atoms with Crippen LogP contribution in [0.15, 0.2) is 100 Å². The number of aliphatic hydroxyl groups is 1. The van der Waals surface area contributed by atoms with Gasteiger partial charge in [-0.2, -0.15) is 8.42 Å². The lowest BCUT2D eigenvalue weighted by atomic mass is 10.1. The summed E-state index contributed by atoms with van der Waals surface area (Å²) in [5, 5.41) is 16.7. The van der Waals surface area contributed by atoms with E-state index in [2.05, 4.69) is 20.0 Å². The Hall–Kier alpha value is -6.48. The fourth-order valence-corrected chi connectivity index (χ4v) is 9.58. The van der Waals surface area contributed by atoms with Gasteiger partial charge >= 0.3 is 23.9 Å². The maximum Gasteiger partial charge on any atom is 0.338 e. The predicted octanol–water partition coefficient (Wildman–Crippen LogP) is 10.6. The van der Waals surface area contributed by atoms with Crippen molar-refractivity contribution in [2.45, 2.75) is 97.0 Å². The molecule has 0 saturated heterocycles. The first kappa shape index (κ1) is 62.1. The fourth-order valence-electron chi connectivity index (χ4n) is 7.53. The van der Waals surface area contributed by atoms with Crippen molar-refractivity contribution >= 4 is 81.2 Å². The molecule has 0 aliphatic carbocycles. The van der Waals surface area contributed by atoms with Gasteiger partial charge in [-0.3, -0.25) is 4.18 Å². The molecule has 0 unspecified atom stereocenters. The lowest BCUT2D eigenvalue weighted by molar-refractivity contribution is -0.0594. The number of nitrogens with zero attached hydrogens (tertiary/aromatic N) is 2. The van der Waals surface area contributed by atoms with Crippen molar-refractivity contribution in [1.29, 1.82) is 0 Å². The maximum atomic E-state index is 15.7. The zero-order valence-electron chi connectivity index (χ0n) is 43.1. The minimum Gasteiger partial charge on any atom is -0.459 e. The monoisotopic (exact) mass is 1130 g/mol. The summed E-state index contributed by atoms with van der Waals surface area (Å²) in [6, 6.07) is 22.0. The number of carbonyl (C=O) groups excluding carboxylic acids is 4. The molecule has 0 aliphatic heterocycles. The standard InChI is InChI=1S/C30H29Cl3FNO8S.C24H28FNO6/c1-16-6-17(2)9-20(8-16)29(36)41-15-26(43-44(38,39)27-13-23(32)22(31)12-24(27)33)28(25(34)14-35-40-5)42-30(37)21-10-18(3)7-19(4)11-21;1-14-6-15(2)9-18(8-14)23(28)31-13-21(27)22(20(25)12-26-30-5)32-24(29)19-10-16(3)7-17(4)11-19/h6-14,25-26,28H,15H2,1-5H3;6-12,20-22,27H,13H2,1-5H3/t25-,26-,28+;20-,21-,22+/m11/s1. The minimum absolute atomic E-state index is 0.0330. The number of benzene rings is 5. The van der Waals surface area contributed by atoms with Crippen LogP contribution in [0.4, 0.5) is 8.78 Å². The highest BCUT2D eigenvalue weighted by molar-refractivity contribution is 7.87. The average Bonchev–Trinajstić information content (AvgIpc) is 3.33. The summed E-state index contributed by atoms with van der Waals surface area (Å²) in [7, 11) is -2.50. The lowest BCUT2D eigenvalue weighted by Crippen LogP contribution is -2.45. The number of oxime groups is 2. The van der Waals surface area contributed by atoms with Crippen LogP contribution in [0.5, 0.6) is 0 Å². The summed E-state index contributed by atoms with van der Waals surface area (Å²) in [6.45, 7) is 12.9. The molecule has 6 atom stereocenters. The Morgan fingerprint density at radius 1 is 0.513 bits per heavy atom. The van der Waals surface area contributed by atoms with Gasteiger partial charge in [-0.05, 0) is 116 Å². The van der Waals surface area contributed by atoms with Crippen molar-refractivity contribution in [3.8, 4) is 0 Å². The number of aryl methyl sites for hydroxylation is 8. The number of esters is 4. The molecule has 0 aliphatic rings. The number of carbonyl (C=O) groups is 4. The third-order valence-corrected chi connectivity index (χ3v) is 13.1. The number of rotatable bonds is 21. The molecule has 0 fully saturated rings. The van der Waals surface area contributed by atoms with E-state index in [-0.39, 0.29) is 31.8 Å². The number of ether oxygens (including phenoxy) is 4. The summed E-state index contributed by atoms with van der Waals surface area (Å²) in [6.07, 6.45) is -10.2. The van der Waals surface area contributed by atoms with Gasteiger partial charge in [0.25, 0.3) is 10.1 Å². The molecular weight excluding hydrogens is 1080 g/mol. The average molecular weight is 1130 g/mol. The van der Waals surface area contributed by atoms with E-state index in [1.807, 2.05) is 52.0 Å². The van der Waals surface area contributed by atoms with Crippen LogP contribution >= 0.6 is 34.8 Å². The third-order valence-electron chi connectivity index (χ3n) is 10.6. The highest BCUT2D eigenvalue weighted by Crippen LogP contribution is 2.34. The van der Waals surface area contributed by atoms with E-state index in [4.69, 9.17) is 57.9 Å². The maximum absolute atomic E-state index is 15.7. The van der Waals surface area contributed by atoms with Crippen LogP contribution in [0.25, 0.3) is 0 Å². The van der Waals surface area contributed by atoms with Gasteiger partial charge in [-0.25, -0.2) is 28.0 Å². The Morgan fingerprint density at radius 2 is 0.842 bits per heavy atom. The molecular formula is C54H57Cl3F2N2O14S. The largest absolute Gasteiger partial charge is 0.459 e. The molecule has 408 valence electrons. The topological polar surface area (TPSA) is 212 Å². The number of alkyl halides is 2. The summed E-state index contributed by atoms with van der Waals surface area (Å²) in [5.74, 6) is -3.38. The number of halogens is 5. The molecule has 0 aromatic heterocycles. The normalized spacial score (nSPS) is 13.8. The van der Waals surface area contributed by atoms with E-state index in [1.165, 1.54) is 19.2 Å². The van der Waals surface area contributed by atoms with Crippen LogP contribution in [-0.2, 0) is 42.9 Å². The van der Waals surface area contributed by atoms with Gasteiger partial charge in [0.05, 0.1) is 49.8 Å². The second kappa shape index (κ2) is 28.6. The molecule has 0 radical (unpaired) electrons. The first-order valence-corrected chi connectivity index (χ1v) is 25.5. The smallest absolute Gasteiger partial charge is 0.338 e. The molecule has 16 nitrogen and oxygen atoms in total. The lowest BCUT2D eigenvalue weighted by Gasteiger charge is -2.27. The molecule has 22 heteroatoms. The molecule has 0 amide bonds. The summed E-state index contributed by atoms with van der Waals surface area (Å²) in [4.78, 5) is 59.6. The second-order valence-electron chi connectivity index (χ2n) is 17.6. The van der Waals surface area contributed by atoms with Gasteiger partial charge in [-0.1, -0.05) is 114 Å². The Morgan fingerprint density at radius 3 is 1.22 bits per heavy atom. The molecule has 0 heterocycles. The summed E-state index contributed by atoms with van der Waals surface area (Å²) >= 11 is 18.1. The number of hydrogen-bond acceptors (Lipinski definition) is 16. The molecule has 0 saturated carbocycles. The van der Waals surface area contributed by atoms with Crippen molar-refractivity contribution in [2.24, 2.45) is 10.3 Å². The number of aliphatic hydroxyl groups excluding tert-OH is 1. The Labute approximate surface area is 454 Å². The zero-order chi connectivity index (χ0) is 56.6. The third kappa shape index (κ3) is 18.7. The van der Waals surface area contributed by atoms with Crippen LogP contribution in [0.2, 0.25) is 15.1 Å². The summed E-state index contributed by atoms with van der Waals surface area (Å²) in [5.41, 5.74) is 7.10. The Balaban J connectivity index is 0.000000346. The van der Waals surface area contributed by atoms with Crippen LogP contribution < -0.4 is 0 Å². The van der Waals surface area contributed by atoms with Crippen molar-refractivity contribution in [3.63, 3.8) is 0 Å². The minimum atomic E-state index is -4.87. The van der Waals surface area contributed by atoms with Crippen molar-refractivity contribution in [1.82, 2.24) is 0 Å². The van der Waals surface area contributed by atoms with Crippen molar-refractivity contribution in [2.75, 3.05) is 27.4 Å². The molecule has 5 aromatic rings. The van der Waals surface area contributed by atoms with Gasteiger partial charge in [0, 0.05) is 0 Å². The Bertz CT molecular complexity index is 2990. The molecule has 1 N–H and O–H groups in total. The van der Waals surface area contributed by atoms with Crippen LogP contribution in [0.3, 0.4) is 0 Å². The van der Waals surface area contributed by atoms with E-state index < -0.39 is 88.9 Å². The van der Waals surface area contributed by atoms with E-state index in [0.29, 0.717) is 11.8 Å². The van der Waals surface area contributed by atoms with Gasteiger partial charge in [-0.15, -0.1) is 0 Å². The number of hydrogen-bond donors (Lipinski definition) is 1. The molecule has 76 heavy (non-hydrogen) atoms. The second-order valence-corrected chi connectivity index (χ2v) is 20.3. The Kier molecular flexibility index (Phi) is 23.4. The van der Waals surface area contributed by atoms with Gasteiger partial charge in [0.2, 0.25) is 0 Å². The van der Waals surface area contributed by atoms with E-state index in [1.54, 1.807) is 64.1 Å². The fraction of sp³-hybridized carbons (Fsp3) is 0.333. The van der Waals surface area contributed by atoms with Crippen molar-refractivity contribution < 1.29 is 74.3 Å². The van der Waals surface area contributed by atoms with Crippen LogP contribution in [0, 0.1) is 55.4 Å². The molecule has 0 spiro atoms. The highest BCUT2D eigenvalue weighted by atomic mass is 35.5. The SMILES string of the molecule is CON=C[C@@H](F)[C@H](OC(=O)c1cc(C)cc(C)c1)[C@@H](COC(=O)c1cc(C)cc(C)c1)OS(=O)(=O)c1cc(Cl)c(Cl)cc1Cl.CON=C[C@@H](F)[C@H](OC(=O)c1cc(C)cc(C)c1)[C@H](O)COC(=O)c1cc(C)cc(C)c1. The molecule has 5 rings (SSSR count). The first-order chi connectivity index (χ1) is 35.7. The first-order valence-electron chi connectivity index (χ1n) is 23.0. The zero-order valence-corrected chi connectivity index (χ0v) is 46.1. The van der Waals surface area contributed by atoms with Gasteiger partial charge < -0.3 is 33.7 Å². The van der Waals surface area contributed by atoms with Crippen LogP contribution in [-0.4, -0.2) is 114 Å². The quantitative estimate of drug-likeness (QED) is 0.0181. The van der Waals surface area contributed by atoms with Gasteiger partial charge in [0.15, 0.2) is 30.7 Å². The molecule has 0 bridgehead atoms. The summed E-state index contributed by atoms with van der Waals surface area (Å²) < 4.78 is 83.9. The molecule has 5 aromatic carbocycles. The van der Waals surface area contributed by atoms with E-state index >= 15 is 4.39 Å². The van der Waals surface area contributed by atoms with Gasteiger partial charge in [0.1, 0.15) is 38.4 Å². The predicted molar refractivity (Wildman–Crippen MR) is 283 cm³/mol. The highest BCUT2D eigenvalue weighted by Gasteiger charge is 2.40. The van der Waals surface area contributed by atoms with E-state index in [9.17, 15) is 37.1 Å².